The highest BCUT2D eigenvalue weighted by atomic mass is 16.5. The second kappa shape index (κ2) is 9.78. The zero-order chi connectivity index (χ0) is 16.3. The summed E-state index contributed by atoms with van der Waals surface area (Å²) in [5.74, 6) is 1.86. The van der Waals surface area contributed by atoms with Gasteiger partial charge in [0.15, 0.2) is 0 Å². The molecule has 0 bridgehead atoms. The van der Waals surface area contributed by atoms with Gasteiger partial charge in [-0.2, -0.15) is 0 Å². The van der Waals surface area contributed by atoms with Crippen LogP contribution in [0.4, 0.5) is 5.69 Å². The van der Waals surface area contributed by atoms with E-state index in [1.165, 1.54) is 18.4 Å². The van der Waals surface area contributed by atoms with Gasteiger partial charge in [0.2, 0.25) is 0 Å². The van der Waals surface area contributed by atoms with Crippen molar-refractivity contribution < 1.29 is 9.47 Å². The minimum Gasteiger partial charge on any atom is -0.494 e. The third-order valence-corrected chi connectivity index (χ3v) is 3.61. The fraction of sp³-hybridized carbons (Fsp3) is 0.400. The zero-order valence-electron chi connectivity index (χ0n) is 14.2. The molecule has 0 heterocycles. The summed E-state index contributed by atoms with van der Waals surface area (Å²) < 4.78 is 11.5. The van der Waals surface area contributed by atoms with E-state index in [-0.39, 0.29) is 0 Å². The molecule has 1 N–H and O–H groups in total. The van der Waals surface area contributed by atoms with E-state index in [9.17, 15) is 0 Å². The highest BCUT2D eigenvalue weighted by molar-refractivity contribution is 5.49. The van der Waals surface area contributed by atoms with Crippen molar-refractivity contribution in [2.24, 2.45) is 0 Å². The molecule has 3 nitrogen and oxygen atoms in total. The Morgan fingerprint density at radius 3 is 2.61 bits per heavy atom. The van der Waals surface area contributed by atoms with E-state index in [4.69, 9.17) is 9.47 Å². The summed E-state index contributed by atoms with van der Waals surface area (Å²) in [4.78, 5) is 0. The molecule has 0 aromatic heterocycles. The smallest absolute Gasteiger partial charge is 0.124 e. The summed E-state index contributed by atoms with van der Waals surface area (Å²) in [7, 11) is 0. The molecule has 0 saturated carbocycles. The van der Waals surface area contributed by atoms with Crippen LogP contribution in [0.1, 0.15) is 38.7 Å². The van der Waals surface area contributed by atoms with E-state index >= 15 is 0 Å². The molecule has 124 valence electrons. The van der Waals surface area contributed by atoms with Crippen molar-refractivity contribution in [3.8, 4) is 11.5 Å². The monoisotopic (exact) mass is 313 g/mol. The topological polar surface area (TPSA) is 30.5 Å². The Bertz CT molecular complexity index is 583. The molecule has 0 radical (unpaired) electrons. The fourth-order valence-electron chi connectivity index (χ4n) is 2.38. The molecular formula is C20H27NO2. The molecule has 0 aliphatic carbocycles. The molecule has 0 unspecified atom stereocenters. The highest BCUT2D eigenvalue weighted by Crippen LogP contribution is 2.22. The third-order valence-electron chi connectivity index (χ3n) is 3.61. The number of rotatable bonds is 10. The average Bonchev–Trinajstić information content (AvgIpc) is 2.58. The Labute approximate surface area is 139 Å². The van der Waals surface area contributed by atoms with Gasteiger partial charge in [0.25, 0.3) is 0 Å². The zero-order valence-corrected chi connectivity index (χ0v) is 14.2. The van der Waals surface area contributed by atoms with Gasteiger partial charge in [-0.25, -0.2) is 0 Å². The van der Waals surface area contributed by atoms with Gasteiger partial charge in [-0.05, 0) is 31.5 Å². The molecule has 0 spiro atoms. The van der Waals surface area contributed by atoms with Crippen LogP contribution in [0, 0.1) is 0 Å². The van der Waals surface area contributed by atoms with Crippen molar-refractivity contribution in [2.75, 3.05) is 18.5 Å². The lowest BCUT2D eigenvalue weighted by Gasteiger charge is -2.13. The largest absolute Gasteiger partial charge is 0.494 e. The Morgan fingerprint density at radius 1 is 0.913 bits per heavy atom. The van der Waals surface area contributed by atoms with E-state index in [1.54, 1.807) is 0 Å². The van der Waals surface area contributed by atoms with Crippen LogP contribution in [0.2, 0.25) is 0 Å². The lowest BCUT2D eigenvalue weighted by atomic mass is 10.2. The SMILES string of the molecule is CCCCCOc1ccccc1CNc1cccc(OCC)c1. The van der Waals surface area contributed by atoms with Crippen molar-refractivity contribution in [1.82, 2.24) is 0 Å². The Balaban J connectivity index is 1.93. The average molecular weight is 313 g/mol. The first kappa shape index (κ1) is 17.2. The van der Waals surface area contributed by atoms with Gasteiger partial charge in [-0.3, -0.25) is 0 Å². The number of ether oxygens (including phenoxy) is 2. The molecule has 2 aromatic rings. The van der Waals surface area contributed by atoms with Gasteiger partial charge in [0.05, 0.1) is 13.2 Å². The highest BCUT2D eigenvalue weighted by Gasteiger charge is 2.03. The molecule has 0 aliphatic heterocycles. The molecule has 2 aromatic carbocycles. The molecule has 3 heteroatoms. The first-order valence-electron chi connectivity index (χ1n) is 8.51. The summed E-state index contributed by atoms with van der Waals surface area (Å²) in [6, 6.07) is 16.3. The number of hydrogen-bond donors (Lipinski definition) is 1. The van der Waals surface area contributed by atoms with Crippen LogP contribution in [-0.4, -0.2) is 13.2 Å². The molecule has 0 aliphatic rings. The molecule has 2 rings (SSSR count). The van der Waals surface area contributed by atoms with Crippen molar-refractivity contribution in [3.63, 3.8) is 0 Å². The van der Waals surface area contributed by atoms with Crippen molar-refractivity contribution in [2.45, 2.75) is 39.7 Å². The first-order chi connectivity index (χ1) is 11.3. The minimum atomic E-state index is 0.678. The van der Waals surface area contributed by atoms with Crippen LogP contribution >= 0.6 is 0 Å². The summed E-state index contributed by atoms with van der Waals surface area (Å²) >= 11 is 0. The maximum absolute atomic E-state index is 5.93. The molecule has 23 heavy (non-hydrogen) atoms. The number of unbranched alkanes of at least 4 members (excludes halogenated alkanes) is 2. The predicted octanol–water partition coefficient (Wildman–Crippen LogP) is 5.27. The van der Waals surface area contributed by atoms with Crippen molar-refractivity contribution >= 4 is 5.69 Å². The maximum Gasteiger partial charge on any atom is 0.124 e. The van der Waals surface area contributed by atoms with Gasteiger partial charge in [0.1, 0.15) is 11.5 Å². The lowest BCUT2D eigenvalue weighted by Crippen LogP contribution is -2.04. The molecule has 0 atom stereocenters. The second-order valence-electron chi connectivity index (χ2n) is 5.48. The Hall–Kier alpha value is -2.16. The Kier molecular flexibility index (Phi) is 7.31. The standard InChI is InChI=1S/C20H27NO2/c1-3-5-8-14-23-20-13-7-6-10-17(20)16-21-18-11-9-12-19(15-18)22-4-2/h6-7,9-13,15,21H,3-5,8,14,16H2,1-2H3. The quantitative estimate of drug-likeness (QED) is 0.606. The van der Waals surface area contributed by atoms with Crippen LogP contribution in [0.3, 0.4) is 0 Å². The molecule has 0 saturated heterocycles. The fourth-order valence-corrected chi connectivity index (χ4v) is 2.38. The number of para-hydroxylation sites is 1. The minimum absolute atomic E-state index is 0.678. The van der Waals surface area contributed by atoms with Crippen LogP contribution in [0.15, 0.2) is 48.5 Å². The predicted molar refractivity (Wildman–Crippen MR) is 96.4 cm³/mol. The van der Waals surface area contributed by atoms with Gasteiger partial charge in [-0.15, -0.1) is 0 Å². The summed E-state index contributed by atoms with van der Waals surface area (Å²) in [5.41, 5.74) is 2.22. The number of hydrogen-bond acceptors (Lipinski definition) is 3. The van der Waals surface area contributed by atoms with Gasteiger partial charge in [-0.1, -0.05) is 44.0 Å². The first-order valence-corrected chi connectivity index (χ1v) is 8.51. The number of anilines is 1. The molecule has 0 fully saturated rings. The summed E-state index contributed by atoms with van der Waals surface area (Å²) in [6.45, 7) is 6.39. The van der Waals surface area contributed by atoms with Gasteiger partial charge in [0, 0.05) is 23.9 Å². The Morgan fingerprint density at radius 2 is 1.78 bits per heavy atom. The third kappa shape index (κ3) is 5.85. The molecule has 0 amide bonds. The van der Waals surface area contributed by atoms with Gasteiger partial charge >= 0.3 is 0 Å². The van der Waals surface area contributed by atoms with Crippen LogP contribution in [0.5, 0.6) is 11.5 Å². The van der Waals surface area contributed by atoms with Gasteiger partial charge < -0.3 is 14.8 Å². The van der Waals surface area contributed by atoms with E-state index < -0.39 is 0 Å². The normalized spacial score (nSPS) is 10.3. The summed E-state index contributed by atoms with van der Waals surface area (Å²) in [6.07, 6.45) is 3.53. The second-order valence-corrected chi connectivity index (χ2v) is 5.48. The van der Waals surface area contributed by atoms with E-state index in [2.05, 4.69) is 18.3 Å². The number of benzene rings is 2. The molecular weight excluding hydrogens is 286 g/mol. The van der Waals surface area contributed by atoms with Crippen LogP contribution < -0.4 is 14.8 Å². The van der Waals surface area contributed by atoms with E-state index in [0.29, 0.717) is 6.61 Å². The van der Waals surface area contributed by atoms with E-state index in [0.717, 1.165) is 36.8 Å². The van der Waals surface area contributed by atoms with Crippen molar-refractivity contribution in [3.05, 3.63) is 54.1 Å². The number of nitrogens with one attached hydrogen (secondary N) is 1. The van der Waals surface area contributed by atoms with Crippen LogP contribution in [-0.2, 0) is 6.54 Å². The van der Waals surface area contributed by atoms with Crippen LogP contribution in [0.25, 0.3) is 0 Å². The van der Waals surface area contributed by atoms with Crippen molar-refractivity contribution in [1.29, 1.82) is 0 Å². The summed E-state index contributed by atoms with van der Waals surface area (Å²) in [5, 5.41) is 3.44. The van der Waals surface area contributed by atoms with E-state index in [1.807, 2.05) is 49.4 Å². The lowest BCUT2D eigenvalue weighted by molar-refractivity contribution is 0.303. The maximum atomic E-state index is 5.93.